The van der Waals surface area contributed by atoms with E-state index in [1.165, 1.54) is 0 Å². The minimum absolute atomic E-state index is 0.246. The number of aryl methyl sites for hydroxylation is 2. The van der Waals surface area contributed by atoms with Gasteiger partial charge in [0.15, 0.2) is 0 Å². The predicted molar refractivity (Wildman–Crippen MR) is 60.5 cm³/mol. The molecule has 4 heteroatoms. The van der Waals surface area contributed by atoms with Crippen molar-refractivity contribution in [3.8, 4) is 0 Å². The Morgan fingerprint density at radius 3 is 2.67 bits per heavy atom. The molecule has 1 atom stereocenters. The SMILES string of the molecule is Cc1cc(CCNC(O)C(C)C)nn1C. The maximum absolute atomic E-state index is 9.53. The molecule has 1 aromatic rings. The summed E-state index contributed by atoms with van der Waals surface area (Å²) >= 11 is 0. The van der Waals surface area contributed by atoms with Gasteiger partial charge in [0.2, 0.25) is 0 Å². The van der Waals surface area contributed by atoms with Crippen LogP contribution in [0.4, 0.5) is 0 Å². The number of nitrogens with zero attached hydrogens (tertiary/aromatic N) is 2. The van der Waals surface area contributed by atoms with Crippen LogP contribution in [0.1, 0.15) is 25.2 Å². The van der Waals surface area contributed by atoms with Gasteiger partial charge in [0.05, 0.1) is 5.69 Å². The highest BCUT2D eigenvalue weighted by molar-refractivity contribution is 5.08. The number of nitrogens with one attached hydrogen (secondary N) is 1. The van der Waals surface area contributed by atoms with Crippen LogP contribution in [0.25, 0.3) is 0 Å². The molecule has 0 spiro atoms. The second-order valence-corrected chi connectivity index (χ2v) is 4.29. The van der Waals surface area contributed by atoms with Gasteiger partial charge < -0.3 is 5.11 Å². The van der Waals surface area contributed by atoms with Gasteiger partial charge in [-0.1, -0.05) is 13.8 Å². The molecule has 0 aliphatic carbocycles. The van der Waals surface area contributed by atoms with Crippen LogP contribution in [-0.4, -0.2) is 27.7 Å². The van der Waals surface area contributed by atoms with Gasteiger partial charge in [0.1, 0.15) is 6.23 Å². The zero-order valence-corrected chi connectivity index (χ0v) is 9.99. The smallest absolute Gasteiger partial charge is 0.107 e. The second kappa shape index (κ2) is 5.28. The fourth-order valence-corrected chi connectivity index (χ4v) is 1.34. The van der Waals surface area contributed by atoms with Crippen LogP contribution in [0.3, 0.4) is 0 Å². The summed E-state index contributed by atoms with van der Waals surface area (Å²) in [7, 11) is 1.94. The van der Waals surface area contributed by atoms with Crippen molar-refractivity contribution in [1.29, 1.82) is 0 Å². The minimum atomic E-state index is -0.421. The van der Waals surface area contributed by atoms with E-state index in [0.717, 1.165) is 24.4 Å². The molecule has 1 aromatic heterocycles. The van der Waals surface area contributed by atoms with Crippen molar-refractivity contribution in [2.24, 2.45) is 13.0 Å². The Kier molecular flexibility index (Phi) is 4.29. The summed E-state index contributed by atoms with van der Waals surface area (Å²) in [5.74, 6) is 0.246. The van der Waals surface area contributed by atoms with Crippen molar-refractivity contribution in [3.05, 3.63) is 17.5 Å². The zero-order valence-electron chi connectivity index (χ0n) is 9.99. The van der Waals surface area contributed by atoms with E-state index in [1.807, 2.05) is 32.5 Å². The molecule has 2 N–H and O–H groups in total. The van der Waals surface area contributed by atoms with Gasteiger partial charge in [-0.15, -0.1) is 0 Å². The van der Waals surface area contributed by atoms with Gasteiger partial charge in [-0.3, -0.25) is 10.00 Å². The van der Waals surface area contributed by atoms with E-state index < -0.39 is 6.23 Å². The lowest BCUT2D eigenvalue weighted by Crippen LogP contribution is -2.34. The van der Waals surface area contributed by atoms with Gasteiger partial charge >= 0.3 is 0 Å². The van der Waals surface area contributed by atoms with Crippen molar-refractivity contribution in [1.82, 2.24) is 15.1 Å². The molecule has 0 aliphatic rings. The third kappa shape index (κ3) is 3.64. The van der Waals surface area contributed by atoms with Crippen molar-refractivity contribution < 1.29 is 5.11 Å². The van der Waals surface area contributed by atoms with E-state index in [1.54, 1.807) is 0 Å². The molecule has 15 heavy (non-hydrogen) atoms. The zero-order chi connectivity index (χ0) is 11.4. The average molecular weight is 211 g/mol. The Hall–Kier alpha value is -0.870. The van der Waals surface area contributed by atoms with E-state index >= 15 is 0 Å². The number of hydrogen-bond donors (Lipinski definition) is 2. The summed E-state index contributed by atoms with van der Waals surface area (Å²) in [5, 5.41) is 16.9. The minimum Gasteiger partial charge on any atom is -0.378 e. The van der Waals surface area contributed by atoms with Crippen LogP contribution in [-0.2, 0) is 13.5 Å². The molecule has 0 aliphatic heterocycles. The molecule has 0 amide bonds. The molecule has 0 radical (unpaired) electrons. The van der Waals surface area contributed by atoms with Crippen molar-refractivity contribution in [3.63, 3.8) is 0 Å². The van der Waals surface area contributed by atoms with Crippen molar-refractivity contribution in [2.75, 3.05) is 6.54 Å². The summed E-state index contributed by atoms with van der Waals surface area (Å²) in [4.78, 5) is 0. The molecule has 1 heterocycles. The van der Waals surface area contributed by atoms with E-state index in [0.29, 0.717) is 0 Å². The maximum Gasteiger partial charge on any atom is 0.107 e. The Bertz CT molecular complexity index is 287. The standard InChI is InChI=1S/C11H21N3O/c1-8(2)11(15)12-6-5-10-7-9(3)14(4)13-10/h7-8,11-12,15H,5-6H2,1-4H3. The molecule has 0 saturated heterocycles. The second-order valence-electron chi connectivity index (χ2n) is 4.29. The fraction of sp³-hybridized carbons (Fsp3) is 0.727. The molecule has 1 unspecified atom stereocenters. The quantitative estimate of drug-likeness (QED) is 0.709. The number of aliphatic hydroxyl groups excluding tert-OH is 1. The molecular weight excluding hydrogens is 190 g/mol. The molecule has 0 aromatic carbocycles. The summed E-state index contributed by atoms with van der Waals surface area (Å²) in [6.07, 6.45) is 0.431. The predicted octanol–water partition coefficient (Wildman–Crippen LogP) is 0.835. The highest BCUT2D eigenvalue weighted by Gasteiger charge is 2.08. The lowest BCUT2D eigenvalue weighted by molar-refractivity contribution is 0.0913. The van der Waals surface area contributed by atoms with Gasteiger partial charge in [-0.25, -0.2) is 0 Å². The number of aliphatic hydroxyl groups is 1. The fourth-order valence-electron chi connectivity index (χ4n) is 1.34. The van der Waals surface area contributed by atoms with Crippen molar-refractivity contribution >= 4 is 0 Å². The first kappa shape index (κ1) is 12.2. The van der Waals surface area contributed by atoms with Gasteiger partial charge in [0.25, 0.3) is 0 Å². The van der Waals surface area contributed by atoms with Gasteiger partial charge in [-0.2, -0.15) is 5.10 Å². The number of hydrogen-bond acceptors (Lipinski definition) is 3. The molecule has 0 fully saturated rings. The summed E-state index contributed by atoms with van der Waals surface area (Å²) in [6, 6.07) is 2.07. The van der Waals surface area contributed by atoms with Crippen LogP contribution in [0.15, 0.2) is 6.07 Å². The maximum atomic E-state index is 9.53. The summed E-state index contributed by atoms with van der Waals surface area (Å²) in [6.45, 7) is 6.77. The molecule has 4 nitrogen and oxygen atoms in total. The lowest BCUT2D eigenvalue weighted by Gasteiger charge is -2.15. The first-order valence-electron chi connectivity index (χ1n) is 5.41. The average Bonchev–Trinajstić information content (AvgIpc) is 2.46. The Morgan fingerprint density at radius 2 is 2.20 bits per heavy atom. The Morgan fingerprint density at radius 1 is 1.53 bits per heavy atom. The van der Waals surface area contributed by atoms with Gasteiger partial charge in [0, 0.05) is 25.7 Å². The summed E-state index contributed by atoms with van der Waals surface area (Å²) in [5.41, 5.74) is 2.23. The molecule has 0 bridgehead atoms. The normalized spacial score (nSPS) is 13.5. The van der Waals surface area contributed by atoms with Crippen LogP contribution >= 0.6 is 0 Å². The van der Waals surface area contributed by atoms with Crippen LogP contribution in [0.2, 0.25) is 0 Å². The molecule has 1 rings (SSSR count). The number of aromatic nitrogens is 2. The highest BCUT2D eigenvalue weighted by Crippen LogP contribution is 2.02. The first-order chi connectivity index (χ1) is 7.00. The van der Waals surface area contributed by atoms with E-state index in [-0.39, 0.29) is 5.92 Å². The van der Waals surface area contributed by atoms with Crippen LogP contribution in [0.5, 0.6) is 0 Å². The van der Waals surface area contributed by atoms with E-state index in [4.69, 9.17) is 0 Å². The monoisotopic (exact) mass is 211 g/mol. The lowest BCUT2D eigenvalue weighted by atomic mass is 10.2. The van der Waals surface area contributed by atoms with Crippen LogP contribution in [0, 0.1) is 12.8 Å². The molecule has 86 valence electrons. The molecular formula is C11H21N3O. The van der Waals surface area contributed by atoms with Crippen molar-refractivity contribution in [2.45, 2.75) is 33.4 Å². The van der Waals surface area contributed by atoms with E-state index in [9.17, 15) is 5.11 Å². The Labute approximate surface area is 91.3 Å². The highest BCUT2D eigenvalue weighted by atomic mass is 16.3. The molecule has 0 saturated carbocycles. The largest absolute Gasteiger partial charge is 0.378 e. The third-order valence-corrected chi connectivity index (χ3v) is 2.53. The summed E-state index contributed by atoms with van der Waals surface area (Å²) < 4.78 is 1.87. The third-order valence-electron chi connectivity index (χ3n) is 2.53. The number of rotatable bonds is 5. The van der Waals surface area contributed by atoms with E-state index in [2.05, 4.69) is 16.5 Å². The first-order valence-corrected chi connectivity index (χ1v) is 5.41. The topological polar surface area (TPSA) is 50.1 Å². The Balaban J connectivity index is 2.32. The van der Waals surface area contributed by atoms with Gasteiger partial charge in [-0.05, 0) is 18.9 Å². The van der Waals surface area contributed by atoms with Crippen LogP contribution < -0.4 is 5.32 Å².